The van der Waals surface area contributed by atoms with Crippen LogP contribution in [-0.2, 0) is 15.1 Å². The fourth-order valence-corrected chi connectivity index (χ4v) is 5.78. The van der Waals surface area contributed by atoms with Crippen LogP contribution in [0.1, 0.15) is 44.1 Å². The number of halogens is 2. The second kappa shape index (κ2) is 13.1. The molecule has 0 aromatic heterocycles. The molecule has 3 amide bonds. The number of benzene rings is 2. The van der Waals surface area contributed by atoms with Crippen LogP contribution in [0.2, 0.25) is 5.02 Å². The van der Waals surface area contributed by atoms with Crippen LogP contribution in [0.25, 0.3) is 0 Å². The molecule has 224 valence electrons. The van der Waals surface area contributed by atoms with E-state index in [1.165, 1.54) is 30.9 Å². The third-order valence-corrected chi connectivity index (χ3v) is 8.71. The number of ether oxygens (including phenoxy) is 1. The molecule has 5 rings (SSSR count). The Kier molecular flexibility index (Phi) is 9.31. The van der Waals surface area contributed by atoms with Gasteiger partial charge in [0, 0.05) is 36.4 Å². The number of hydrogen-bond donors (Lipinski definition) is 3. The Morgan fingerprint density at radius 2 is 1.98 bits per heavy atom. The van der Waals surface area contributed by atoms with Gasteiger partial charge >= 0.3 is 6.03 Å². The number of allylic oxidation sites excluding steroid dienone is 5. The molecule has 3 aliphatic rings. The van der Waals surface area contributed by atoms with Gasteiger partial charge < -0.3 is 26.0 Å². The second-order valence-electron chi connectivity index (χ2n) is 11.4. The highest BCUT2D eigenvalue weighted by Gasteiger charge is 2.40. The lowest BCUT2D eigenvalue weighted by atomic mass is 9.77. The van der Waals surface area contributed by atoms with E-state index in [0.29, 0.717) is 40.6 Å². The van der Waals surface area contributed by atoms with Crippen molar-refractivity contribution >= 4 is 34.9 Å². The lowest BCUT2D eigenvalue weighted by molar-refractivity contribution is -0.119. The minimum absolute atomic E-state index is 0.0132. The molecule has 10 heteroatoms. The van der Waals surface area contributed by atoms with Gasteiger partial charge in [-0.2, -0.15) is 5.26 Å². The molecule has 1 aliphatic heterocycles. The Labute approximate surface area is 256 Å². The number of nitriles is 1. The summed E-state index contributed by atoms with van der Waals surface area (Å²) in [6, 6.07) is 12.0. The topological polar surface area (TPSA) is 120 Å². The van der Waals surface area contributed by atoms with E-state index in [0.717, 1.165) is 12.0 Å². The number of nitrogens with two attached hydrogens (primary N) is 1. The summed E-state index contributed by atoms with van der Waals surface area (Å²) < 4.78 is 20.7. The Morgan fingerprint density at radius 1 is 1.21 bits per heavy atom. The Hall–Kier alpha value is -3.97. The summed E-state index contributed by atoms with van der Waals surface area (Å²) in [5, 5.41) is 15.4. The van der Waals surface area contributed by atoms with Crippen molar-refractivity contribution in [1.82, 2.24) is 4.90 Å². The van der Waals surface area contributed by atoms with E-state index < -0.39 is 29.3 Å². The van der Waals surface area contributed by atoms with Gasteiger partial charge in [0.25, 0.3) is 0 Å². The van der Waals surface area contributed by atoms with Crippen molar-refractivity contribution in [3.05, 3.63) is 94.3 Å². The van der Waals surface area contributed by atoms with Crippen LogP contribution >= 0.6 is 11.6 Å². The maximum Gasteiger partial charge on any atom is 0.322 e. The maximum absolute atomic E-state index is 15.2. The summed E-state index contributed by atoms with van der Waals surface area (Å²) in [7, 11) is 1.53. The first-order valence-corrected chi connectivity index (χ1v) is 14.8. The highest BCUT2D eigenvalue weighted by molar-refractivity contribution is 6.30. The molecule has 4 N–H and O–H groups in total. The minimum atomic E-state index is -0.930. The molecule has 0 spiro atoms. The normalized spacial score (nSPS) is 21.2. The average Bonchev–Trinajstić information content (AvgIpc) is 3.78. The van der Waals surface area contributed by atoms with Gasteiger partial charge in [-0.25, -0.2) is 9.18 Å². The van der Waals surface area contributed by atoms with Crippen molar-refractivity contribution in [1.29, 1.82) is 5.26 Å². The maximum atomic E-state index is 15.2. The van der Waals surface area contributed by atoms with Gasteiger partial charge in [0.1, 0.15) is 11.9 Å². The molecule has 3 atom stereocenters. The molecular weight excluding hydrogens is 569 g/mol. The standard InChI is InChI=1S/C33H35ClFN5O3/c1-43-27-18-30(40(20-27)32(42)38-26-12-10-25(34)11-13-26)31(41)39-29-17-24(9-14-28(29)35)33(37,16-15-21-5-6-21)23-4-2-3-22(19-36)7-8-23/h2-4,7,9-14,17,21,27,30H,5-6,8,15-16,18,20,37H2,1H3,(H,38,42)(H,39,41)/t27-,30-,33?/m0/s1. The fraction of sp³-hybridized carbons (Fsp3) is 0.364. The lowest BCUT2D eigenvalue weighted by Crippen LogP contribution is -2.45. The van der Waals surface area contributed by atoms with Crippen LogP contribution in [0.4, 0.5) is 20.6 Å². The number of nitrogens with one attached hydrogen (secondary N) is 2. The predicted molar refractivity (Wildman–Crippen MR) is 165 cm³/mol. The summed E-state index contributed by atoms with van der Waals surface area (Å²) in [6.07, 6.45) is 11.6. The van der Waals surface area contributed by atoms with Gasteiger partial charge in [-0.1, -0.05) is 48.7 Å². The van der Waals surface area contributed by atoms with E-state index >= 15 is 4.39 Å². The number of amides is 3. The molecule has 0 bridgehead atoms. The van der Waals surface area contributed by atoms with Crippen LogP contribution in [0.5, 0.6) is 0 Å². The van der Waals surface area contributed by atoms with E-state index in [1.807, 2.05) is 18.2 Å². The number of carbonyl (C=O) groups is 2. The monoisotopic (exact) mass is 603 g/mol. The molecule has 8 nitrogen and oxygen atoms in total. The van der Waals surface area contributed by atoms with Crippen molar-refractivity contribution in [3.63, 3.8) is 0 Å². The molecule has 0 radical (unpaired) electrons. The first-order chi connectivity index (χ1) is 20.7. The van der Waals surface area contributed by atoms with Crippen molar-refractivity contribution < 1.29 is 18.7 Å². The van der Waals surface area contributed by atoms with E-state index in [-0.39, 0.29) is 24.8 Å². The summed E-state index contributed by atoms with van der Waals surface area (Å²) in [6.45, 7) is 0.198. The highest BCUT2D eigenvalue weighted by atomic mass is 35.5. The van der Waals surface area contributed by atoms with Crippen molar-refractivity contribution in [2.75, 3.05) is 24.3 Å². The fourth-order valence-electron chi connectivity index (χ4n) is 5.65. The first-order valence-electron chi connectivity index (χ1n) is 14.4. The Morgan fingerprint density at radius 3 is 2.67 bits per heavy atom. The third-order valence-electron chi connectivity index (χ3n) is 8.46. The molecule has 1 unspecified atom stereocenters. The summed E-state index contributed by atoms with van der Waals surface area (Å²) in [5.41, 5.74) is 8.85. The third kappa shape index (κ3) is 7.16. The summed E-state index contributed by atoms with van der Waals surface area (Å²) in [4.78, 5) is 28.2. The van der Waals surface area contributed by atoms with E-state index in [9.17, 15) is 14.9 Å². The first kappa shape index (κ1) is 30.5. The lowest BCUT2D eigenvalue weighted by Gasteiger charge is -2.33. The van der Waals surface area contributed by atoms with Crippen LogP contribution in [-0.4, -0.2) is 42.6 Å². The zero-order valence-electron chi connectivity index (χ0n) is 24.0. The van der Waals surface area contributed by atoms with Crippen molar-refractivity contribution in [2.24, 2.45) is 11.7 Å². The smallest absolute Gasteiger partial charge is 0.322 e. The van der Waals surface area contributed by atoms with Gasteiger partial charge in [-0.05, 0) is 78.8 Å². The van der Waals surface area contributed by atoms with E-state index in [2.05, 4.69) is 16.7 Å². The predicted octanol–water partition coefficient (Wildman–Crippen LogP) is 6.42. The molecule has 1 saturated carbocycles. The quantitative estimate of drug-likeness (QED) is 0.305. The van der Waals surface area contributed by atoms with Crippen LogP contribution < -0.4 is 16.4 Å². The van der Waals surface area contributed by atoms with Gasteiger partial charge in [0.15, 0.2) is 0 Å². The average molecular weight is 604 g/mol. The molecular formula is C33H35ClFN5O3. The number of nitrogens with zero attached hydrogens (tertiary/aromatic N) is 2. The van der Waals surface area contributed by atoms with Gasteiger partial charge in [-0.15, -0.1) is 0 Å². The number of anilines is 2. The second-order valence-corrected chi connectivity index (χ2v) is 11.8. The molecule has 1 saturated heterocycles. The van der Waals surface area contributed by atoms with Crippen LogP contribution in [0.3, 0.4) is 0 Å². The number of urea groups is 1. The zero-order valence-corrected chi connectivity index (χ0v) is 24.7. The van der Waals surface area contributed by atoms with Crippen molar-refractivity contribution in [3.8, 4) is 6.07 Å². The van der Waals surface area contributed by atoms with Crippen LogP contribution in [0.15, 0.2) is 77.9 Å². The molecule has 2 fully saturated rings. The number of rotatable bonds is 9. The molecule has 1 heterocycles. The molecule has 2 aromatic rings. The summed E-state index contributed by atoms with van der Waals surface area (Å²) in [5.74, 6) is -0.516. The number of carbonyl (C=O) groups excluding carboxylic acids is 2. The van der Waals surface area contributed by atoms with Gasteiger partial charge in [-0.3, -0.25) is 4.79 Å². The zero-order chi connectivity index (χ0) is 30.6. The Bertz CT molecular complexity index is 1510. The summed E-state index contributed by atoms with van der Waals surface area (Å²) >= 11 is 5.95. The van der Waals surface area contributed by atoms with E-state index in [1.54, 1.807) is 42.5 Å². The van der Waals surface area contributed by atoms with Crippen LogP contribution in [0, 0.1) is 23.1 Å². The van der Waals surface area contributed by atoms with Gasteiger partial charge in [0.05, 0.1) is 23.4 Å². The molecule has 2 aromatic carbocycles. The number of likely N-dealkylation sites (tertiary alicyclic amines) is 1. The largest absolute Gasteiger partial charge is 0.380 e. The highest BCUT2D eigenvalue weighted by Crippen LogP contribution is 2.42. The van der Waals surface area contributed by atoms with E-state index in [4.69, 9.17) is 22.1 Å². The minimum Gasteiger partial charge on any atom is -0.380 e. The Balaban J connectivity index is 1.38. The molecule has 43 heavy (non-hydrogen) atoms. The SMILES string of the molecule is CO[C@H]1C[C@@H](C(=O)Nc2cc(C(N)(CCC3CC3)C3=CC=CC(C#N)=CC3)ccc2F)N(C(=O)Nc2ccc(Cl)cc2)C1. The number of methoxy groups -OCH3 is 1. The van der Waals surface area contributed by atoms with Crippen molar-refractivity contribution in [2.45, 2.75) is 56.2 Å². The number of hydrogen-bond acceptors (Lipinski definition) is 5. The van der Waals surface area contributed by atoms with Gasteiger partial charge in [0.2, 0.25) is 5.91 Å². The molecule has 2 aliphatic carbocycles.